The lowest BCUT2D eigenvalue weighted by Gasteiger charge is -2.22. The maximum absolute atomic E-state index is 12.2. The molecule has 1 aliphatic rings. The molecule has 28 heavy (non-hydrogen) atoms. The van der Waals surface area contributed by atoms with Gasteiger partial charge >= 0.3 is 0 Å². The van der Waals surface area contributed by atoms with Crippen LogP contribution in [0.4, 0.5) is 0 Å². The van der Waals surface area contributed by atoms with Gasteiger partial charge in [0.2, 0.25) is 11.8 Å². The smallest absolute Gasteiger partial charge is 0.224 e. The maximum Gasteiger partial charge on any atom is 0.224 e. The van der Waals surface area contributed by atoms with Crippen molar-refractivity contribution in [2.75, 3.05) is 19.7 Å². The van der Waals surface area contributed by atoms with Crippen molar-refractivity contribution in [1.29, 1.82) is 0 Å². The normalized spacial score (nSPS) is 16.6. The Bertz CT molecular complexity index is 613. The van der Waals surface area contributed by atoms with Gasteiger partial charge in [-0.05, 0) is 49.1 Å². The molecule has 1 fully saturated rings. The summed E-state index contributed by atoms with van der Waals surface area (Å²) in [4.78, 5) is 26.1. The summed E-state index contributed by atoms with van der Waals surface area (Å²) in [5, 5.41) is 12.3. The number of aliphatic hydroxyl groups excluding tert-OH is 1. The highest BCUT2D eigenvalue weighted by Crippen LogP contribution is 2.18. The van der Waals surface area contributed by atoms with Gasteiger partial charge in [-0.15, -0.1) is 0 Å². The van der Waals surface area contributed by atoms with E-state index in [0.717, 1.165) is 50.6 Å². The quantitative estimate of drug-likeness (QED) is 0.572. The number of likely N-dealkylation sites (tertiary alicyclic amines) is 1. The number of hydrogen-bond donors (Lipinski definition) is 2. The van der Waals surface area contributed by atoms with E-state index in [1.165, 1.54) is 5.56 Å². The van der Waals surface area contributed by atoms with Crippen molar-refractivity contribution in [2.24, 2.45) is 5.92 Å². The Labute approximate surface area is 169 Å². The van der Waals surface area contributed by atoms with E-state index in [1.54, 1.807) is 0 Å². The van der Waals surface area contributed by atoms with Crippen LogP contribution in [0.3, 0.4) is 0 Å². The van der Waals surface area contributed by atoms with Crippen molar-refractivity contribution >= 4 is 11.8 Å². The van der Waals surface area contributed by atoms with Gasteiger partial charge in [0.25, 0.3) is 0 Å². The van der Waals surface area contributed by atoms with E-state index in [-0.39, 0.29) is 24.5 Å². The zero-order valence-corrected chi connectivity index (χ0v) is 17.5. The standard InChI is InChI=1S/C23H36N2O3/c1-18(2)15-19-9-11-20(12-10-19)16-22(27)24-13-5-3-4-8-23(28)25-14-6-7-21(25)17-26/h9-12,18,21,26H,3-8,13-17H2,1-2H3,(H,24,27). The first kappa shape index (κ1) is 22.4. The molecule has 2 rings (SSSR count). The van der Waals surface area contributed by atoms with E-state index in [0.29, 0.717) is 25.3 Å². The zero-order valence-electron chi connectivity index (χ0n) is 17.5. The summed E-state index contributed by atoms with van der Waals surface area (Å²) >= 11 is 0. The zero-order chi connectivity index (χ0) is 20.4. The number of amides is 2. The highest BCUT2D eigenvalue weighted by molar-refractivity contribution is 5.78. The average Bonchev–Trinajstić information content (AvgIpc) is 3.14. The van der Waals surface area contributed by atoms with Gasteiger partial charge in [0.05, 0.1) is 19.1 Å². The van der Waals surface area contributed by atoms with Crippen molar-refractivity contribution in [3.63, 3.8) is 0 Å². The van der Waals surface area contributed by atoms with Crippen molar-refractivity contribution in [1.82, 2.24) is 10.2 Å². The second-order valence-corrected chi connectivity index (χ2v) is 8.32. The molecule has 2 N–H and O–H groups in total. The molecule has 156 valence electrons. The van der Waals surface area contributed by atoms with Crippen LogP contribution in [0.5, 0.6) is 0 Å². The monoisotopic (exact) mass is 388 g/mol. The molecule has 1 aliphatic heterocycles. The molecular formula is C23H36N2O3. The van der Waals surface area contributed by atoms with Crippen LogP contribution in [0.1, 0.15) is 63.5 Å². The summed E-state index contributed by atoms with van der Waals surface area (Å²) < 4.78 is 0. The molecule has 0 spiro atoms. The largest absolute Gasteiger partial charge is 0.394 e. The maximum atomic E-state index is 12.2. The first-order valence-corrected chi connectivity index (χ1v) is 10.7. The number of carbonyl (C=O) groups excluding carboxylic acids is 2. The van der Waals surface area contributed by atoms with Crippen LogP contribution in [-0.4, -0.2) is 47.6 Å². The molecule has 1 atom stereocenters. The van der Waals surface area contributed by atoms with Crippen LogP contribution in [0.15, 0.2) is 24.3 Å². The minimum atomic E-state index is 0.0197. The fourth-order valence-corrected chi connectivity index (χ4v) is 3.82. The lowest BCUT2D eigenvalue weighted by Crippen LogP contribution is -2.37. The van der Waals surface area contributed by atoms with Gasteiger partial charge in [-0.2, -0.15) is 0 Å². The summed E-state index contributed by atoms with van der Waals surface area (Å²) in [5.41, 5.74) is 2.35. The molecule has 0 radical (unpaired) electrons. The minimum Gasteiger partial charge on any atom is -0.394 e. The second-order valence-electron chi connectivity index (χ2n) is 8.32. The SMILES string of the molecule is CC(C)Cc1ccc(CC(=O)NCCCCCC(=O)N2CCCC2CO)cc1. The Balaban J connectivity index is 1.55. The molecular weight excluding hydrogens is 352 g/mol. The van der Waals surface area contributed by atoms with Crippen LogP contribution in [0.25, 0.3) is 0 Å². The number of rotatable bonds is 11. The Hall–Kier alpha value is -1.88. The fraction of sp³-hybridized carbons (Fsp3) is 0.652. The molecule has 1 saturated heterocycles. The summed E-state index contributed by atoms with van der Waals surface area (Å²) in [6, 6.07) is 8.33. The fourth-order valence-electron chi connectivity index (χ4n) is 3.82. The Kier molecular flexibility index (Phi) is 9.48. The highest BCUT2D eigenvalue weighted by atomic mass is 16.3. The van der Waals surface area contributed by atoms with Gasteiger partial charge in [-0.25, -0.2) is 0 Å². The predicted molar refractivity (Wildman–Crippen MR) is 112 cm³/mol. The van der Waals surface area contributed by atoms with Crippen LogP contribution in [0, 0.1) is 5.92 Å². The third kappa shape index (κ3) is 7.63. The lowest BCUT2D eigenvalue weighted by atomic mass is 10.0. The molecule has 5 heteroatoms. The summed E-state index contributed by atoms with van der Waals surface area (Å²) in [7, 11) is 0. The Morgan fingerprint density at radius 2 is 1.86 bits per heavy atom. The number of nitrogens with one attached hydrogen (secondary N) is 1. The molecule has 1 unspecified atom stereocenters. The van der Waals surface area contributed by atoms with Crippen molar-refractivity contribution in [3.8, 4) is 0 Å². The molecule has 5 nitrogen and oxygen atoms in total. The number of unbranched alkanes of at least 4 members (excludes halogenated alkanes) is 2. The molecule has 1 aromatic rings. The molecule has 0 bridgehead atoms. The number of carbonyl (C=O) groups is 2. The Morgan fingerprint density at radius 3 is 2.54 bits per heavy atom. The molecule has 0 aliphatic carbocycles. The summed E-state index contributed by atoms with van der Waals surface area (Å²) in [6.07, 6.45) is 6.56. The Morgan fingerprint density at radius 1 is 1.14 bits per heavy atom. The summed E-state index contributed by atoms with van der Waals surface area (Å²) in [5.74, 6) is 0.841. The van der Waals surface area contributed by atoms with Crippen LogP contribution < -0.4 is 5.32 Å². The highest BCUT2D eigenvalue weighted by Gasteiger charge is 2.27. The van der Waals surface area contributed by atoms with Gasteiger partial charge in [-0.1, -0.05) is 44.5 Å². The van der Waals surface area contributed by atoms with Crippen molar-refractivity contribution < 1.29 is 14.7 Å². The number of aliphatic hydroxyl groups is 1. The first-order chi connectivity index (χ1) is 13.5. The number of benzene rings is 1. The van der Waals surface area contributed by atoms with Crippen LogP contribution in [0.2, 0.25) is 0 Å². The molecule has 1 aromatic carbocycles. The van der Waals surface area contributed by atoms with Gasteiger partial charge in [0.15, 0.2) is 0 Å². The van der Waals surface area contributed by atoms with E-state index in [9.17, 15) is 14.7 Å². The van der Waals surface area contributed by atoms with E-state index in [1.807, 2.05) is 17.0 Å². The predicted octanol–water partition coefficient (Wildman–Crippen LogP) is 3.09. The van der Waals surface area contributed by atoms with Gasteiger partial charge in [-0.3, -0.25) is 9.59 Å². The van der Waals surface area contributed by atoms with Crippen LogP contribution in [-0.2, 0) is 22.4 Å². The first-order valence-electron chi connectivity index (χ1n) is 10.7. The van der Waals surface area contributed by atoms with Crippen molar-refractivity contribution in [3.05, 3.63) is 35.4 Å². The summed E-state index contributed by atoms with van der Waals surface area (Å²) in [6.45, 7) is 5.91. The van der Waals surface area contributed by atoms with E-state index >= 15 is 0 Å². The molecule has 0 aromatic heterocycles. The van der Waals surface area contributed by atoms with Gasteiger partial charge in [0, 0.05) is 19.5 Å². The molecule has 0 saturated carbocycles. The van der Waals surface area contributed by atoms with E-state index in [4.69, 9.17) is 0 Å². The van der Waals surface area contributed by atoms with Crippen molar-refractivity contribution in [2.45, 2.75) is 71.3 Å². The molecule has 1 heterocycles. The second kappa shape index (κ2) is 11.8. The van der Waals surface area contributed by atoms with Crippen LogP contribution >= 0.6 is 0 Å². The molecule has 2 amide bonds. The third-order valence-corrected chi connectivity index (χ3v) is 5.33. The topological polar surface area (TPSA) is 69.6 Å². The lowest BCUT2D eigenvalue weighted by molar-refractivity contribution is -0.132. The number of nitrogens with zero attached hydrogens (tertiary/aromatic N) is 1. The minimum absolute atomic E-state index is 0.0197. The van der Waals surface area contributed by atoms with E-state index in [2.05, 4.69) is 31.3 Å². The van der Waals surface area contributed by atoms with E-state index < -0.39 is 0 Å². The van der Waals surface area contributed by atoms with Gasteiger partial charge in [0.1, 0.15) is 0 Å². The van der Waals surface area contributed by atoms with Gasteiger partial charge < -0.3 is 15.3 Å². The number of hydrogen-bond acceptors (Lipinski definition) is 3. The average molecular weight is 389 g/mol. The third-order valence-electron chi connectivity index (χ3n) is 5.33.